The molecule has 0 spiro atoms. The van der Waals surface area contributed by atoms with Crippen molar-refractivity contribution in [3.63, 3.8) is 0 Å². The van der Waals surface area contributed by atoms with Crippen molar-refractivity contribution >= 4 is 46.8 Å². The van der Waals surface area contributed by atoms with Crippen LogP contribution in [0.2, 0.25) is 10.0 Å². The van der Waals surface area contributed by atoms with Crippen LogP contribution in [0.15, 0.2) is 53.4 Å². The van der Waals surface area contributed by atoms with Crippen LogP contribution >= 0.6 is 35.0 Å². The van der Waals surface area contributed by atoms with Crippen LogP contribution < -0.4 is 5.32 Å². The fourth-order valence-corrected chi connectivity index (χ4v) is 3.77. The average molecular weight is 439 g/mol. The Morgan fingerprint density at radius 3 is 2.18 bits per heavy atom. The maximum absolute atomic E-state index is 12.8. The molecule has 0 radical (unpaired) electrons. The first-order chi connectivity index (χ1) is 13.4. The molecule has 2 amide bonds. The molecule has 0 fully saturated rings. The molecule has 2 rings (SSSR count). The SMILES string of the molecule is CNC(=O)[C@H](C)N(Cc1ccc(Cl)cc1)C(=O)CCCSc1ccc(Cl)cc1. The number of nitrogens with one attached hydrogen (secondary N) is 1. The van der Waals surface area contributed by atoms with E-state index in [9.17, 15) is 9.59 Å². The van der Waals surface area contributed by atoms with Gasteiger partial charge >= 0.3 is 0 Å². The number of rotatable bonds is 9. The molecule has 0 aliphatic carbocycles. The zero-order valence-corrected chi connectivity index (χ0v) is 18.3. The van der Waals surface area contributed by atoms with Gasteiger partial charge in [0.2, 0.25) is 11.8 Å². The Hall–Kier alpha value is -1.69. The summed E-state index contributed by atoms with van der Waals surface area (Å²) in [5, 5.41) is 3.97. The van der Waals surface area contributed by atoms with E-state index in [0.29, 0.717) is 23.0 Å². The molecule has 0 unspecified atom stereocenters. The number of carbonyl (C=O) groups is 2. The fourth-order valence-electron chi connectivity index (χ4n) is 2.67. The molecular weight excluding hydrogens is 415 g/mol. The lowest BCUT2D eigenvalue weighted by Gasteiger charge is -2.28. The zero-order valence-electron chi connectivity index (χ0n) is 16.0. The number of nitrogens with zero attached hydrogens (tertiary/aromatic N) is 1. The maximum Gasteiger partial charge on any atom is 0.242 e. The van der Waals surface area contributed by atoms with Crippen molar-refractivity contribution in [1.82, 2.24) is 10.2 Å². The maximum atomic E-state index is 12.8. The molecule has 28 heavy (non-hydrogen) atoms. The van der Waals surface area contributed by atoms with E-state index in [-0.39, 0.29) is 11.8 Å². The lowest BCUT2D eigenvalue weighted by molar-refractivity contribution is -0.140. The third-order valence-corrected chi connectivity index (χ3v) is 5.90. The van der Waals surface area contributed by atoms with Gasteiger partial charge in [-0.1, -0.05) is 35.3 Å². The van der Waals surface area contributed by atoms with Crippen molar-refractivity contribution in [2.24, 2.45) is 0 Å². The highest BCUT2D eigenvalue weighted by Gasteiger charge is 2.25. The predicted octanol–water partition coefficient (Wildman–Crippen LogP) is 5.03. The summed E-state index contributed by atoms with van der Waals surface area (Å²) in [6.07, 6.45) is 1.11. The molecule has 0 aliphatic rings. The van der Waals surface area contributed by atoms with E-state index in [4.69, 9.17) is 23.2 Å². The first kappa shape index (κ1) is 22.6. The molecule has 0 aliphatic heterocycles. The first-order valence-corrected chi connectivity index (χ1v) is 10.8. The molecular formula is C21H24Cl2N2O2S. The molecule has 0 bridgehead atoms. The Labute approximate surface area is 180 Å². The van der Waals surface area contributed by atoms with Gasteiger partial charge in [0, 0.05) is 35.0 Å². The minimum Gasteiger partial charge on any atom is -0.357 e. The van der Waals surface area contributed by atoms with Gasteiger partial charge in [-0.05, 0) is 61.1 Å². The highest BCUT2D eigenvalue weighted by Crippen LogP contribution is 2.22. The number of benzene rings is 2. The Morgan fingerprint density at radius 1 is 1.04 bits per heavy atom. The quantitative estimate of drug-likeness (QED) is 0.441. The summed E-state index contributed by atoms with van der Waals surface area (Å²) in [5.74, 6) is 0.594. The topological polar surface area (TPSA) is 49.4 Å². The molecule has 0 saturated carbocycles. The normalized spacial score (nSPS) is 11.7. The smallest absolute Gasteiger partial charge is 0.242 e. The minimum atomic E-state index is -0.544. The van der Waals surface area contributed by atoms with Crippen LogP contribution in [0.3, 0.4) is 0 Å². The number of likely N-dealkylation sites (N-methyl/N-ethyl adjacent to an activating group) is 1. The van der Waals surface area contributed by atoms with Gasteiger partial charge in [-0.2, -0.15) is 0 Å². The molecule has 7 heteroatoms. The molecule has 2 aromatic rings. The third-order valence-electron chi connectivity index (χ3n) is 4.30. The number of halogens is 2. The van der Waals surface area contributed by atoms with Gasteiger partial charge in [0.1, 0.15) is 6.04 Å². The molecule has 0 heterocycles. The Kier molecular flexibility index (Phi) is 9.16. The minimum absolute atomic E-state index is 0.0391. The highest BCUT2D eigenvalue weighted by molar-refractivity contribution is 7.99. The van der Waals surface area contributed by atoms with E-state index in [1.807, 2.05) is 36.4 Å². The third kappa shape index (κ3) is 7.04. The summed E-state index contributed by atoms with van der Waals surface area (Å²) >= 11 is 13.5. The van der Waals surface area contributed by atoms with Crippen LogP contribution in [-0.4, -0.2) is 35.6 Å². The first-order valence-electron chi connectivity index (χ1n) is 9.04. The average Bonchev–Trinajstić information content (AvgIpc) is 2.70. The Morgan fingerprint density at radius 2 is 1.61 bits per heavy atom. The van der Waals surface area contributed by atoms with Gasteiger partial charge in [0.05, 0.1) is 0 Å². The van der Waals surface area contributed by atoms with E-state index in [1.54, 1.807) is 42.8 Å². The van der Waals surface area contributed by atoms with Crippen LogP contribution in [0.4, 0.5) is 0 Å². The standard InChI is InChI=1S/C21H24Cl2N2O2S/c1-15(21(27)24-2)25(14-16-5-7-17(22)8-6-16)20(26)4-3-13-28-19-11-9-18(23)10-12-19/h5-12,15H,3-4,13-14H2,1-2H3,(H,24,27)/t15-/m0/s1. The summed E-state index contributed by atoms with van der Waals surface area (Å²) in [6.45, 7) is 2.12. The number of hydrogen-bond donors (Lipinski definition) is 1. The van der Waals surface area contributed by atoms with Gasteiger partial charge in [-0.15, -0.1) is 11.8 Å². The van der Waals surface area contributed by atoms with Crippen molar-refractivity contribution < 1.29 is 9.59 Å². The predicted molar refractivity (Wildman–Crippen MR) is 117 cm³/mol. The number of carbonyl (C=O) groups excluding carboxylic acids is 2. The second-order valence-electron chi connectivity index (χ2n) is 6.34. The second kappa shape index (κ2) is 11.3. The molecule has 2 aromatic carbocycles. The lowest BCUT2D eigenvalue weighted by Crippen LogP contribution is -2.46. The van der Waals surface area contributed by atoms with Crippen LogP contribution in [0.5, 0.6) is 0 Å². The van der Waals surface area contributed by atoms with E-state index < -0.39 is 6.04 Å². The monoisotopic (exact) mass is 438 g/mol. The van der Waals surface area contributed by atoms with Gasteiger partial charge < -0.3 is 10.2 Å². The summed E-state index contributed by atoms with van der Waals surface area (Å²) in [6, 6.07) is 14.4. The van der Waals surface area contributed by atoms with Crippen molar-refractivity contribution in [1.29, 1.82) is 0 Å². The molecule has 0 aromatic heterocycles. The van der Waals surface area contributed by atoms with Crippen LogP contribution in [-0.2, 0) is 16.1 Å². The van der Waals surface area contributed by atoms with Gasteiger partial charge in [0.15, 0.2) is 0 Å². The van der Waals surface area contributed by atoms with Crippen molar-refractivity contribution in [2.75, 3.05) is 12.8 Å². The summed E-state index contributed by atoms with van der Waals surface area (Å²) < 4.78 is 0. The molecule has 1 atom stereocenters. The van der Waals surface area contributed by atoms with Gasteiger partial charge in [-0.25, -0.2) is 0 Å². The summed E-state index contributed by atoms with van der Waals surface area (Å²) in [4.78, 5) is 27.7. The summed E-state index contributed by atoms with van der Waals surface area (Å²) in [7, 11) is 1.58. The van der Waals surface area contributed by atoms with E-state index in [1.165, 1.54) is 0 Å². The zero-order chi connectivity index (χ0) is 20.5. The van der Waals surface area contributed by atoms with Crippen LogP contribution in [0.25, 0.3) is 0 Å². The van der Waals surface area contributed by atoms with Gasteiger partial charge in [-0.3, -0.25) is 9.59 Å². The fraction of sp³-hybridized carbons (Fsp3) is 0.333. The van der Waals surface area contributed by atoms with Crippen molar-refractivity contribution in [3.8, 4) is 0 Å². The molecule has 150 valence electrons. The van der Waals surface area contributed by atoms with Crippen LogP contribution in [0.1, 0.15) is 25.3 Å². The van der Waals surface area contributed by atoms with Crippen LogP contribution in [0, 0.1) is 0 Å². The van der Waals surface area contributed by atoms with Crippen molar-refractivity contribution in [3.05, 3.63) is 64.1 Å². The molecule has 1 N–H and O–H groups in total. The van der Waals surface area contributed by atoms with E-state index >= 15 is 0 Å². The number of amides is 2. The number of hydrogen-bond acceptors (Lipinski definition) is 3. The lowest BCUT2D eigenvalue weighted by atomic mass is 10.1. The number of thioether (sulfide) groups is 1. The largest absolute Gasteiger partial charge is 0.357 e. The molecule has 0 saturated heterocycles. The Balaban J connectivity index is 1.94. The summed E-state index contributed by atoms with van der Waals surface area (Å²) in [5.41, 5.74) is 0.934. The molecule has 4 nitrogen and oxygen atoms in total. The van der Waals surface area contributed by atoms with Gasteiger partial charge in [0.25, 0.3) is 0 Å². The Bertz CT molecular complexity index is 782. The second-order valence-corrected chi connectivity index (χ2v) is 8.39. The van der Waals surface area contributed by atoms with E-state index in [0.717, 1.165) is 22.6 Å². The van der Waals surface area contributed by atoms with E-state index in [2.05, 4.69) is 5.32 Å². The van der Waals surface area contributed by atoms with Crippen molar-refractivity contribution in [2.45, 2.75) is 37.2 Å². The highest BCUT2D eigenvalue weighted by atomic mass is 35.5.